The molecule has 5 aromatic rings. The van der Waals surface area contributed by atoms with E-state index in [1.165, 1.54) is 12.5 Å². The van der Waals surface area contributed by atoms with Gasteiger partial charge in [0.2, 0.25) is 0 Å². The SMILES string of the molecule is CCNc1cc(-c2ccc(C#N)cc2-c2nncn2C)cc(-n2cc3c(C(F)(F)F)cc(CN[C@@H]4CCC[C@@H]4O)cn3c2=O)n1. The van der Waals surface area contributed by atoms with Crippen molar-refractivity contribution >= 4 is 11.3 Å². The predicted molar refractivity (Wildman–Crippen MR) is 161 cm³/mol. The summed E-state index contributed by atoms with van der Waals surface area (Å²) in [5, 5.41) is 34.1. The van der Waals surface area contributed by atoms with Crippen LogP contribution in [0, 0.1) is 11.3 Å². The van der Waals surface area contributed by atoms with Gasteiger partial charge in [-0.1, -0.05) is 6.07 Å². The number of rotatable bonds is 8. The Hall–Kier alpha value is -5.00. The summed E-state index contributed by atoms with van der Waals surface area (Å²) in [7, 11) is 1.77. The predicted octanol–water partition coefficient (Wildman–Crippen LogP) is 4.27. The van der Waals surface area contributed by atoms with Gasteiger partial charge in [-0.15, -0.1) is 10.2 Å². The van der Waals surface area contributed by atoms with E-state index in [2.05, 4.69) is 31.9 Å². The molecule has 1 aliphatic carbocycles. The van der Waals surface area contributed by atoms with Crippen molar-refractivity contribution in [1.29, 1.82) is 5.26 Å². The maximum atomic E-state index is 14.3. The number of aliphatic hydroxyl groups excluding tert-OH is 1. The van der Waals surface area contributed by atoms with E-state index >= 15 is 0 Å². The van der Waals surface area contributed by atoms with E-state index in [-0.39, 0.29) is 29.5 Å². The Morgan fingerprint density at radius 2 is 1.96 bits per heavy atom. The van der Waals surface area contributed by atoms with E-state index in [9.17, 15) is 28.3 Å². The van der Waals surface area contributed by atoms with E-state index in [4.69, 9.17) is 0 Å². The molecule has 1 saturated carbocycles. The molecule has 0 amide bonds. The van der Waals surface area contributed by atoms with Crippen LogP contribution >= 0.6 is 0 Å². The van der Waals surface area contributed by atoms with Crippen LogP contribution in [-0.4, -0.2) is 52.5 Å². The first-order valence-corrected chi connectivity index (χ1v) is 14.5. The molecule has 45 heavy (non-hydrogen) atoms. The van der Waals surface area contributed by atoms with Gasteiger partial charge < -0.3 is 20.3 Å². The monoisotopic (exact) mass is 617 g/mol. The second-order valence-corrected chi connectivity index (χ2v) is 11.0. The Morgan fingerprint density at radius 3 is 2.62 bits per heavy atom. The van der Waals surface area contributed by atoms with Gasteiger partial charge >= 0.3 is 11.9 Å². The molecule has 0 saturated heterocycles. The van der Waals surface area contributed by atoms with Crippen LogP contribution in [0.15, 0.2) is 59.9 Å². The molecule has 0 spiro atoms. The Bertz CT molecular complexity index is 1990. The number of aromatic nitrogens is 6. The fraction of sp³-hybridized carbons (Fsp3) is 0.323. The van der Waals surface area contributed by atoms with Gasteiger partial charge in [-0.3, -0.25) is 8.97 Å². The molecule has 11 nitrogen and oxygen atoms in total. The zero-order valence-electron chi connectivity index (χ0n) is 24.5. The Labute approximate surface area is 255 Å². The summed E-state index contributed by atoms with van der Waals surface area (Å²) in [6, 6.07) is 11.4. The molecular formula is C31H30F3N9O2. The number of nitrogens with one attached hydrogen (secondary N) is 2. The average Bonchev–Trinajstić information content (AvgIpc) is 3.73. The van der Waals surface area contributed by atoms with Crippen LogP contribution in [0.1, 0.15) is 42.9 Å². The molecule has 4 heterocycles. The molecule has 14 heteroatoms. The molecule has 3 N–H and O–H groups in total. The molecule has 232 valence electrons. The van der Waals surface area contributed by atoms with Gasteiger partial charge in [0.05, 0.1) is 28.8 Å². The van der Waals surface area contributed by atoms with E-state index in [1.54, 1.807) is 41.9 Å². The Morgan fingerprint density at radius 1 is 1.13 bits per heavy atom. The number of aryl methyl sites for hydroxylation is 1. The highest BCUT2D eigenvalue weighted by Crippen LogP contribution is 2.35. The molecule has 1 fully saturated rings. The fourth-order valence-electron chi connectivity index (χ4n) is 5.80. The van der Waals surface area contributed by atoms with E-state index < -0.39 is 23.5 Å². The lowest BCUT2D eigenvalue weighted by atomic mass is 9.97. The van der Waals surface area contributed by atoms with Crippen LogP contribution in [0.5, 0.6) is 0 Å². The van der Waals surface area contributed by atoms with Crippen molar-refractivity contribution in [3.05, 3.63) is 82.3 Å². The third kappa shape index (κ3) is 5.79. The first-order valence-electron chi connectivity index (χ1n) is 14.5. The number of hydrogen-bond acceptors (Lipinski definition) is 8. The summed E-state index contributed by atoms with van der Waals surface area (Å²) in [5.41, 5.74) is 0.525. The molecule has 6 rings (SSSR count). The number of nitriles is 1. The molecular weight excluding hydrogens is 587 g/mol. The van der Waals surface area contributed by atoms with Gasteiger partial charge in [0.1, 0.15) is 18.0 Å². The van der Waals surface area contributed by atoms with Gasteiger partial charge in [-0.05, 0) is 73.2 Å². The Balaban J connectivity index is 1.50. The van der Waals surface area contributed by atoms with E-state index in [1.807, 2.05) is 6.92 Å². The lowest BCUT2D eigenvalue weighted by Gasteiger charge is -2.17. The van der Waals surface area contributed by atoms with Gasteiger partial charge in [0, 0.05) is 44.1 Å². The molecule has 1 aromatic carbocycles. The topological polar surface area (TPSA) is 138 Å². The Kier molecular flexibility index (Phi) is 7.90. The number of imidazole rings is 1. The summed E-state index contributed by atoms with van der Waals surface area (Å²) >= 11 is 0. The van der Waals surface area contributed by atoms with Crippen molar-refractivity contribution in [3.63, 3.8) is 0 Å². The zero-order valence-corrected chi connectivity index (χ0v) is 24.5. The number of benzene rings is 1. The summed E-state index contributed by atoms with van der Waals surface area (Å²) in [6.45, 7) is 2.42. The summed E-state index contributed by atoms with van der Waals surface area (Å²) in [5.74, 6) is 1.00. The highest BCUT2D eigenvalue weighted by atomic mass is 19.4. The highest BCUT2D eigenvalue weighted by Gasteiger charge is 2.35. The number of fused-ring (bicyclic) bond motifs is 1. The molecule has 4 aromatic heterocycles. The second kappa shape index (κ2) is 11.8. The number of aliphatic hydroxyl groups is 1. The van der Waals surface area contributed by atoms with Crippen LogP contribution in [0.4, 0.5) is 19.0 Å². The maximum Gasteiger partial charge on any atom is 0.418 e. The maximum absolute atomic E-state index is 14.3. The van der Waals surface area contributed by atoms with Crippen molar-refractivity contribution in [2.75, 3.05) is 11.9 Å². The largest absolute Gasteiger partial charge is 0.418 e. The molecule has 0 unspecified atom stereocenters. The minimum atomic E-state index is -4.73. The number of alkyl halides is 3. The smallest absolute Gasteiger partial charge is 0.392 e. The quantitative estimate of drug-likeness (QED) is 0.235. The van der Waals surface area contributed by atoms with Crippen LogP contribution in [0.2, 0.25) is 0 Å². The lowest BCUT2D eigenvalue weighted by molar-refractivity contribution is -0.136. The van der Waals surface area contributed by atoms with Crippen molar-refractivity contribution in [1.82, 2.24) is 34.0 Å². The van der Waals surface area contributed by atoms with Crippen molar-refractivity contribution in [2.24, 2.45) is 7.05 Å². The minimum Gasteiger partial charge on any atom is -0.392 e. The summed E-state index contributed by atoms with van der Waals surface area (Å²) in [6.07, 6.45) is 0.962. The van der Waals surface area contributed by atoms with Crippen LogP contribution in [0.3, 0.4) is 0 Å². The number of halogens is 3. The normalized spacial score (nSPS) is 16.7. The van der Waals surface area contributed by atoms with Crippen LogP contribution < -0.4 is 16.3 Å². The molecule has 2 atom stereocenters. The van der Waals surface area contributed by atoms with Crippen LogP contribution in [0.25, 0.3) is 33.8 Å². The number of hydrogen-bond donors (Lipinski definition) is 3. The summed E-state index contributed by atoms with van der Waals surface area (Å²) in [4.78, 5) is 18.3. The van der Waals surface area contributed by atoms with Gasteiger partial charge in [-0.25, -0.2) is 9.78 Å². The van der Waals surface area contributed by atoms with Gasteiger partial charge in [0.15, 0.2) is 5.82 Å². The molecule has 0 aliphatic heterocycles. The third-order valence-electron chi connectivity index (χ3n) is 8.01. The van der Waals surface area contributed by atoms with Crippen molar-refractivity contribution < 1.29 is 18.3 Å². The van der Waals surface area contributed by atoms with Gasteiger partial charge in [0.25, 0.3) is 0 Å². The van der Waals surface area contributed by atoms with Gasteiger partial charge in [-0.2, -0.15) is 18.4 Å². The minimum absolute atomic E-state index is 0.0557. The van der Waals surface area contributed by atoms with Crippen LogP contribution in [-0.2, 0) is 19.8 Å². The first kappa shape index (κ1) is 30.0. The first-order chi connectivity index (χ1) is 21.6. The lowest BCUT2D eigenvalue weighted by Crippen LogP contribution is -2.35. The van der Waals surface area contributed by atoms with Crippen molar-refractivity contribution in [2.45, 2.75) is 51.1 Å². The summed E-state index contributed by atoms with van der Waals surface area (Å²) < 4.78 is 46.7. The number of pyridine rings is 2. The van der Waals surface area contributed by atoms with E-state index in [0.717, 1.165) is 34.1 Å². The zero-order chi connectivity index (χ0) is 31.9. The highest BCUT2D eigenvalue weighted by molar-refractivity contribution is 5.83. The number of nitrogens with zero attached hydrogens (tertiary/aromatic N) is 7. The van der Waals surface area contributed by atoms with E-state index in [0.29, 0.717) is 46.9 Å². The molecule has 0 radical (unpaired) electrons. The average molecular weight is 618 g/mol. The number of anilines is 1. The van der Waals surface area contributed by atoms with Crippen molar-refractivity contribution in [3.8, 4) is 34.4 Å². The fourth-order valence-corrected chi connectivity index (χ4v) is 5.80. The third-order valence-corrected chi connectivity index (χ3v) is 8.01. The second-order valence-electron chi connectivity index (χ2n) is 11.0. The molecule has 0 bridgehead atoms. The molecule has 1 aliphatic rings. The standard InChI is InChI=1S/C31H30F3N9O2/c1-3-36-27-11-20(21-8-7-18(13-35)9-22(21)29-40-38-17-41(29)2)12-28(39-27)43-16-25-23(31(32,33)34)10-19(15-42(25)30(43)45)14-37-24-5-4-6-26(24)44/h7-12,15-17,24,26,37,44H,3-6,14H2,1-2H3,(H,36,39)/t24-,26+/m1/s1.